The Morgan fingerprint density at radius 3 is 0.745 bits per heavy atom. The highest BCUT2D eigenvalue weighted by Crippen LogP contribution is 2.52. The van der Waals surface area contributed by atoms with E-state index in [4.69, 9.17) is 0 Å². The van der Waals surface area contributed by atoms with Crippen molar-refractivity contribution in [2.24, 2.45) is 0 Å². The van der Waals surface area contributed by atoms with Crippen molar-refractivity contribution in [3.8, 4) is 67.5 Å². The lowest BCUT2D eigenvalue weighted by atomic mass is 9.95. The van der Waals surface area contributed by atoms with E-state index in [1.807, 2.05) is 6.07 Å². The molecule has 0 amide bonds. The Bertz CT molecular complexity index is 6920. The number of rotatable bonds is 9. The Labute approximate surface area is 605 Å². The van der Waals surface area contributed by atoms with Crippen molar-refractivity contribution in [3.63, 3.8) is 0 Å². The molecular weight excluding hydrogens is 1310 g/mol. The summed E-state index contributed by atoms with van der Waals surface area (Å²) < 4.78 is 62.4. The molecule has 22 aromatic rings. The van der Waals surface area contributed by atoms with Crippen LogP contribution >= 0.6 is 0 Å². The fourth-order valence-corrected chi connectivity index (χ4v) is 17.7. The molecule has 0 N–H and O–H groups in total. The smallest absolute Gasteiger partial charge is 0.309 e. The Morgan fingerprint density at radius 1 is 0.179 bits per heavy atom. The maximum Gasteiger partial charge on any atom is 0.416 e. The molecule has 0 aliphatic carbocycles. The Balaban J connectivity index is 0.886. The molecule has 0 radical (unpaired) electrons. The van der Waals surface area contributed by atoms with Crippen molar-refractivity contribution in [1.29, 1.82) is 0 Å². The van der Waals surface area contributed by atoms with E-state index in [2.05, 4.69) is 361 Å². The van der Waals surface area contributed by atoms with Gasteiger partial charge in [-0.25, -0.2) is 0 Å². The van der Waals surface area contributed by atoms with Crippen LogP contribution in [0, 0.1) is 0 Å². The number of halogens is 3. The first-order valence-electron chi connectivity index (χ1n) is 35.9. The summed E-state index contributed by atoms with van der Waals surface area (Å²) in [6.45, 7) is 0. The fraction of sp³-hybridized carbons (Fsp3) is 0.0103. The molecule has 0 saturated carbocycles. The maximum absolute atomic E-state index is 16.1. The van der Waals surface area contributed by atoms with Crippen LogP contribution in [-0.4, -0.2) is 27.4 Å². The standard InChI is InChI=1S/C97H59F3N6/c98-97(99,100)65-25-23-24-64(54-65)94-95(105-84-42-19-7-30-68(84)69-31-8-20-43-85(69)105)92(103-82-40-17-13-36-74(82)78-57-62(48-52-90(78)103)60-46-50-88-76(55-60)72-34-11-15-38-80(72)101(88)66-26-3-1-4-27-66)59-93(96(94)106-86-44-21-9-32-70(86)71-33-10-22-45-87(71)106)104-83-41-18-14-37-75(83)79-58-63(49-53-91(79)104)61-47-51-89-77(56-61)73-35-12-16-39-81(73)102(89)67-28-5-2-6-29-67/h1-59H. The molecular formula is C97H59F3N6. The zero-order valence-corrected chi connectivity index (χ0v) is 56.9. The summed E-state index contributed by atoms with van der Waals surface area (Å²) in [7, 11) is 0. The lowest BCUT2D eigenvalue weighted by molar-refractivity contribution is -0.137. The largest absolute Gasteiger partial charge is 0.416 e. The Kier molecular flexibility index (Phi) is 12.9. The van der Waals surface area contributed by atoms with E-state index in [9.17, 15) is 0 Å². The van der Waals surface area contributed by atoms with Crippen molar-refractivity contribution in [3.05, 3.63) is 363 Å². The maximum atomic E-state index is 16.1. The highest BCUT2D eigenvalue weighted by molar-refractivity contribution is 6.19. The van der Waals surface area contributed by atoms with Gasteiger partial charge in [-0.3, -0.25) is 0 Å². The summed E-state index contributed by atoms with van der Waals surface area (Å²) in [5.41, 5.74) is 21.4. The van der Waals surface area contributed by atoms with Crippen molar-refractivity contribution >= 4 is 131 Å². The third-order valence-corrected chi connectivity index (χ3v) is 22.2. The first kappa shape index (κ1) is 59.8. The molecule has 0 bridgehead atoms. The highest BCUT2D eigenvalue weighted by Gasteiger charge is 2.35. The zero-order valence-electron chi connectivity index (χ0n) is 56.9. The van der Waals surface area contributed by atoms with Crippen LogP contribution in [0.1, 0.15) is 5.56 Å². The number of aromatic nitrogens is 6. The van der Waals surface area contributed by atoms with Gasteiger partial charge in [-0.15, -0.1) is 0 Å². The van der Waals surface area contributed by atoms with E-state index >= 15 is 13.2 Å². The van der Waals surface area contributed by atoms with Crippen LogP contribution < -0.4 is 0 Å². The van der Waals surface area contributed by atoms with Gasteiger partial charge in [0.2, 0.25) is 0 Å². The summed E-state index contributed by atoms with van der Waals surface area (Å²) >= 11 is 0. The van der Waals surface area contributed by atoms with Crippen LogP contribution in [0.5, 0.6) is 0 Å². The molecule has 106 heavy (non-hydrogen) atoms. The number of hydrogen-bond donors (Lipinski definition) is 0. The topological polar surface area (TPSA) is 29.6 Å². The number of para-hydroxylation sites is 10. The van der Waals surface area contributed by atoms with Crippen LogP contribution in [0.15, 0.2) is 358 Å². The molecule has 0 aliphatic rings. The van der Waals surface area contributed by atoms with Gasteiger partial charge in [-0.2, -0.15) is 13.2 Å². The zero-order chi connectivity index (χ0) is 70.0. The minimum atomic E-state index is -4.70. The molecule has 6 nitrogen and oxygen atoms in total. The van der Waals surface area contributed by atoms with Gasteiger partial charge in [0.25, 0.3) is 0 Å². The van der Waals surface area contributed by atoms with Gasteiger partial charge >= 0.3 is 6.18 Å². The van der Waals surface area contributed by atoms with E-state index in [1.165, 1.54) is 22.9 Å². The number of hydrogen-bond acceptors (Lipinski definition) is 0. The lowest BCUT2D eigenvalue weighted by Crippen LogP contribution is -2.13. The van der Waals surface area contributed by atoms with Gasteiger partial charge in [0.05, 0.1) is 94.5 Å². The summed E-state index contributed by atoms with van der Waals surface area (Å²) in [4.78, 5) is 0. The number of fused-ring (bicyclic) bond motifs is 18. The molecule has 9 heteroatoms. The second-order valence-electron chi connectivity index (χ2n) is 27.8. The molecule has 0 aliphatic heterocycles. The van der Waals surface area contributed by atoms with E-state index in [1.54, 1.807) is 6.07 Å². The first-order valence-corrected chi connectivity index (χ1v) is 35.9. The Morgan fingerprint density at radius 2 is 0.434 bits per heavy atom. The van der Waals surface area contributed by atoms with Crippen LogP contribution in [0.3, 0.4) is 0 Å². The number of benzene rings is 16. The van der Waals surface area contributed by atoms with Crippen LogP contribution in [-0.2, 0) is 6.18 Å². The van der Waals surface area contributed by atoms with E-state index < -0.39 is 11.7 Å². The minimum Gasteiger partial charge on any atom is -0.309 e. The third kappa shape index (κ3) is 8.74. The highest BCUT2D eigenvalue weighted by atomic mass is 19.4. The van der Waals surface area contributed by atoms with Gasteiger partial charge < -0.3 is 27.4 Å². The van der Waals surface area contributed by atoms with Crippen molar-refractivity contribution < 1.29 is 13.2 Å². The number of alkyl halides is 3. The molecule has 0 fully saturated rings. The molecule has 16 aromatic carbocycles. The number of nitrogens with zero attached hydrogens (tertiary/aromatic N) is 6. The first-order chi connectivity index (χ1) is 52.3. The summed E-state index contributed by atoms with van der Waals surface area (Å²) in [6, 6.07) is 125. The van der Waals surface area contributed by atoms with Gasteiger partial charge in [-0.05, 0) is 167 Å². The minimum absolute atomic E-state index is 0.394. The summed E-state index contributed by atoms with van der Waals surface area (Å²) in [5, 5.41) is 12.8. The average molecular weight is 1370 g/mol. The Hall–Kier alpha value is -13.9. The van der Waals surface area contributed by atoms with Crippen molar-refractivity contribution in [2.45, 2.75) is 6.18 Å². The second kappa shape index (κ2) is 22.8. The second-order valence-corrected chi connectivity index (χ2v) is 27.8. The predicted octanol–water partition coefficient (Wildman–Crippen LogP) is 26.3. The van der Waals surface area contributed by atoms with Crippen molar-refractivity contribution in [1.82, 2.24) is 27.4 Å². The van der Waals surface area contributed by atoms with Gasteiger partial charge in [0.15, 0.2) is 0 Å². The molecule has 6 aromatic heterocycles. The predicted molar refractivity (Wildman–Crippen MR) is 434 cm³/mol. The summed E-state index contributed by atoms with van der Waals surface area (Å²) in [5.74, 6) is 0. The molecule has 0 saturated heterocycles. The van der Waals surface area contributed by atoms with Crippen LogP contribution in [0.4, 0.5) is 13.2 Å². The van der Waals surface area contributed by atoms with Gasteiger partial charge in [-0.1, -0.05) is 218 Å². The molecule has 498 valence electrons. The van der Waals surface area contributed by atoms with Gasteiger partial charge in [0, 0.05) is 81.6 Å². The molecule has 0 unspecified atom stereocenters. The van der Waals surface area contributed by atoms with E-state index in [-0.39, 0.29) is 0 Å². The van der Waals surface area contributed by atoms with E-state index in [0.717, 1.165) is 165 Å². The third-order valence-electron chi connectivity index (χ3n) is 22.2. The monoisotopic (exact) mass is 1360 g/mol. The molecule has 0 spiro atoms. The average Bonchev–Trinajstić information content (AvgIpc) is 1.49. The summed E-state index contributed by atoms with van der Waals surface area (Å²) in [6.07, 6.45) is -4.70. The lowest BCUT2D eigenvalue weighted by Gasteiger charge is -2.28. The van der Waals surface area contributed by atoms with E-state index in [0.29, 0.717) is 22.5 Å². The van der Waals surface area contributed by atoms with Gasteiger partial charge in [0.1, 0.15) is 0 Å². The van der Waals surface area contributed by atoms with Crippen LogP contribution in [0.2, 0.25) is 0 Å². The molecule has 22 rings (SSSR count). The van der Waals surface area contributed by atoms with Crippen molar-refractivity contribution in [2.75, 3.05) is 0 Å². The molecule has 6 heterocycles. The quantitative estimate of drug-likeness (QED) is 0.138. The normalized spacial score (nSPS) is 12.3. The fourth-order valence-electron chi connectivity index (χ4n) is 17.7. The molecule has 0 atom stereocenters. The van der Waals surface area contributed by atoms with Crippen LogP contribution in [0.25, 0.3) is 198 Å². The SMILES string of the molecule is FC(F)(F)c1cccc(-c2c(-n3c4ccccc4c4ccccc43)c(-n3c4ccccc4c4cc(-c5ccc6c(c5)c5ccccc5n6-c5ccccc5)ccc43)cc(-n3c4ccccc4c4cc(-c5ccc6c(c5)c5ccccc5n6-c5ccccc5)ccc43)c2-n2c3ccccc3c3ccccc32)c1.